The van der Waals surface area contributed by atoms with Gasteiger partial charge in [-0.05, 0) is 18.2 Å². The number of ether oxygens (including phenoxy) is 2. The van der Waals surface area contributed by atoms with E-state index in [1.54, 1.807) is 12.3 Å². The van der Waals surface area contributed by atoms with Gasteiger partial charge in [0.1, 0.15) is 17.3 Å². The summed E-state index contributed by atoms with van der Waals surface area (Å²) in [6.07, 6.45) is 4.48. The van der Waals surface area contributed by atoms with Crippen molar-refractivity contribution in [1.29, 1.82) is 0 Å². The maximum atomic E-state index is 13.7. The van der Waals surface area contributed by atoms with Crippen LogP contribution in [0.25, 0.3) is 0 Å². The number of nitrogens with one attached hydrogen (secondary N) is 1. The van der Waals surface area contributed by atoms with Crippen LogP contribution in [-0.4, -0.2) is 43.0 Å². The van der Waals surface area contributed by atoms with Crippen molar-refractivity contribution in [3.63, 3.8) is 0 Å². The molecule has 0 saturated carbocycles. The molecule has 27 heavy (non-hydrogen) atoms. The molecule has 0 atom stereocenters. The highest BCUT2D eigenvalue weighted by Gasteiger charge is 2.39. The normalized spacial score (nSPS) is 18.7. The minimum Gasteiger partial charge on any atom is -0.370 e. The number of aromatic nitrogens is 1. The van der Waals surface area contributed by atoms with Crippen LogP contribution in [0.2, 0.25) is 0 Å². The molecule has 4 rings (SSSR count). The summed E-state index contributed by atoms with van der Waals surface area (Å²) in [4.78, 5) is 18.6. The second-order valence-corrected chi connectivity index (χ2v) is 6.58. The smallest absolute Gasteiger partial charge is 0.257 e. The van der Waals surface area contributed by atoms with E-state index in [-0.39, 0.29) is 5.56 Å². The van der Waals surface area contributed by atoms with E-state index in [2.05, 4.69) is 15.2 Å². The number of hydrogen-bond acceptors (Lipinski definition) is 5. The highest BCUT2D eigenvalue weighted by Crippen LogP contribution is 2.33. The Morgan fingerprint density at radius 3 is 2.44 bits per heavy atom. The molecule has 2 aliphatic rings. The molecule has 8 heteroatoms. The zero-order valence-corrected chi connectivity index (χ0v) is 14.6. The molecule has 1 aromatic heterocycles. The van der Waals surface area contributed by atoms with E-state index >= 15 is 0 Å². The number of piperidine rings is 1. The van der Waals surface area contributed by atoms with E-state index < -0.39 is 29.0 Å². The van der Waals surface area contributed by atoms with Crippen LogP contribution in [0.15, 0.2) is 36.7 Å². The Kier molecular flexibility index (Phi) is 4.75. The average molecular weight is 375 g/mol. The van der Waals surface area contributed by atoms with Crippen molar-refractivity contribution in [2.24, 2.45) is 0 Å². The van der Waals surface area contributed by atoms with Gasteiger partial charge in [-0.2, -0.15) is 0 Å². The number of carbonyl (C=O) groups is 1. The highest BCUT2D eigenvalue weighted by molar-refractivity contribution is 6.04. The maximum Gasteiger partial charge on any atom is 0.257 e. The largest absolute Gasteiger partial charge is 0.370 e. The molecule has 6 nitrogen and oxygen atoms in total. The summed E-state index contributed by atoms with van der Waals surface area (Å²) in [5, 5.41) is 2.28. The van der Waals surface area contributed by atoms with Gasteiger partial charge in [-0.3, -0.25) is 9.78 Å². The average Bonchev–Trinajstić information content (AvgIpc) is 3.13. The second kappa shape index (κ2) is 7.21. The van der Waals surface area contributed by atoms with Gasteiger partial charge in [0.25, 0.3) is 5.91 Å². The second-order valence-electron chi connectivity index (χ2n) is 6.58. The Hall–Kier alpha value is -2.58. The monoisotopic (exact) mass is 375 g/mol. The van der Waals surface area contributed by atoms with Gasteiger partial charge in [-0.15, -0.1) is 0 Å². The molecule has 0 radical (unpaired) electrons. The predicted molar refractivity (Wildman–Crippen MR) is 94.6 cm³/mol. The SMILES string of the molecule is O=C(Nc1c(F)cccc1F)c1cncc(N2CCC3(CC2)OCCO3)c1. The lowest BCUT2D eigenvalue weighted by molar-refractivity contribution is -0.169. The topological polar surface area (TPSA) is 63.7 Å². The first-order valence-electron chi connectivity index (χ1n) is 8.80. The van der Waals surface area contributed by atoms with Gasteiger partial charge < -0.3 is 19.7 Å². The molecule has 0 aliphatic carbocycles. The molecule has 1 spiro atoms. The third kappa shape index (κ3) is 3.63. The summed E-state index contributed by atoms with van der Waals surface area (Å²) in [6, 6.07) is 5.08. The first-order valence-corrected chi connectivity index (χ1v) is 8.80. The number of anilines is 2. The highest BCUT2D eigenvalue weighted by atomic mass is 19.1. The van der Waals surface area contributed by atoms with Crippen molar-refractivity contribution in [2.45, 2.75) is 18.6 Å². The van der Waals surface area contributed by atoms with Crippen LogP contribution in [0.5, 0.6) is 0 Å². The molecule has 142 valence electrons. The quantitative estimate of drug-likeness (QED) is 0.894. The van der Waals surface area contributed by atoms with Crippen molar-refractivity contribution < 1.29 is 23.0 Å². The zero-order chi connectivity index (χ0) is 18.9. The fourth-order valence-corrected chi connectivity index (χ4v) is 3.42. The minimum atomic E-state index is -0.828. The van der Waals surface area contributed by atoms with Gasteiger partial charge in [-0.1, -0.05) is 6.07 Å². The number of halogens is 2. The Balaban J connectivity index is 1.47. The van der Waals surface area contributed by atoms with Crippen LogP contribution in [0, 0.1) is 11.6 Å². The minimum absolute atomic E-state index is 0.226. The third-order valence-corrected chi connectivity index (χ3v) is 4.89. The number of amides is 1. The first-order chi connectivity index (χ1) is 13.1. The molecular weight excluding hydrogens is 356 g/mol. The first kappa shape index (κ1) is 17.8. The number of para-hydroxylation sites is 1. The van der Waals surface area contributed by atoms with Crippen molar-refractivity contribution in [3.05, 3.63) is 53.9 Å². The molecule has 2 fully saturated rings. The van der Waals surface area contributed by atoms with Crippen molar-refractivity contribution in [2.75, 3.05) is 36.5 Å². The van der Waals surface area contributed by atoms with E-state index in [1.807, 2.05) is 0 Å². The number of carbonyl (C=O) groups excluding carboxylic acids is 1. The van der Waals surface area contributed by atoms with Gasteiger partial charge >= 0.3 is 0 Å². The van der Waals surface area contributed by atoms with E-state index in [1.165, 1.54) is 12.3 Å². The molecule has 2 aromatic rings. The molecule has 1 aromatic carbocycles. The third-order valence-electron chi connectivity index (χ3n) is 4.89. The predicted octanol–water partition coefficient (Wildman–Crippen LogP) is 2.96. The van der Waals surface area contributed by atoms with Gasteiger partial charge in [-0.25, -0.2) is 8.78 Å². The van der Waals surface area contributed by atoms with Crippen LogP contribution in [0.4, 0.5) is 20.2 Å². The summed E-state index contributed by atoms with van der Waals surface area (Å²) in [5.74, 6) is -2.76. The maximum absolute atomic E-state index is 13.7. The number of benzene rings is 1. The summed E-state index contributed by atoms with van der Waals surface area (Å²) in [5.41, 5.74) is 0.525. The molecule has 1 N–H and O–H groups in total. The number of nitrogens with zero attached hydrogens (tertiary/aromatic N) is 2. The van der Waals surface area contributed by atoms with E-state index in [9.17, 15) is 13.6 Å². The molecule has 0 unspecified atom stereocenters. The van der Waals surface area contributed by atoms with Crippen LogP contribution in [-0.2, 0) is 9.47 Å². The van der Waals surface area contributed by atoms with Gasteiger partial charge in [0, 0.05) is 32.1 Å². The van der Waals surface area contributed by atoms with Gasteiger partial charge in [0.2, 0.25) is 0 Å². The van der Waals surface area contributed by atoms with E-state index in [0.717, 1.165) is 30.7 Å². The van der Waals surface area contributed by atoms with E-state index in [4.69, 9.17) is 9.47 Å². The van der Waals surface area contributed by atoms with Crippen LogP contribution in [0.1, 0.15) is 23.2 Å². The lowest BCUT2D eigenvalue weighted by atomic mass is 10.0. The summed E-state index contributed by atoms with van der Waals surface area (Å²) in [6.45, 7) is 2.64. The summed E-state index contributed by atoms with van der Waals surface area (Å²) < 4.78 is 38.9. The van der Waals surface area contributed by atoms with Crippen molar-refractivity contribution in [3.8, 4) is 0 Å². The molecular formula is C19H19F2N3O3. The molecule has 2 aliphatic heterocycles. The molecule has 3 heterocycles. The van der Waals surface area contributed by atoms with E-state index in [0.29, 0.717) is 26.3 Å². The van der Waals surface area contributed by atoms with Crippen molar-refractivity contribution >= 4 is 17.3 Å². The Morgan fingerprint density at radius 1 is 1.11 bits per heavy atom. The van der Waals surface area contributed by atoms with Gasteiger partial charge in [0.15, 0.2) is 5.79 Å². The number of hydrogen-bond donors (Lipinski definition) is 1. The fraction of sp³-hybridized carbons (Fsp3) is 0.368. The van der Waals surface area contributed by atoms with Crippen LogP contribution in [0.3, 0.4) is 0 Å². The Labute approximate surface area is 155 Å². The standard InChI is InChI=1S/C19H19F2N3O3/c20-15-2-1-3-16(21)17(15)23-18(25)13-10-14(12-22-11-13)24-6-4-19(5-7-24)26-8-9-27-19/h1-3,10-12H,4-9H2,(H,23,25). The molecule has 1 amide bonds. The summed E-state index contributed by atoms with van der Waals surface area (Å²) >= 11 is 0. The molecule has 0 bridgehead atoms. The van der Waals surface area contributed by atoms with Crippen molar-refractivity contribution in [1.82, 2.24) is 4.98 Å². The Morgan fingerprint density at radius 2 is 1.78 bits per heavy atom. The Bertz CT molecular complexity index is 826. The lowest BCUT2D eigenvalue weighted by Gasteiger charge is -2.38. The van der Waals surface area contributed by atoms with Crippen LogP contribution < -0.4 is 10.2 Å². The number of pyridine rings is 1. The van der Waals surface area contributed by atoms with Gasteiger partial charge in [0.05, 0.1) is 30.7 Å². The fourth-order valence-electron chi connectivity index (χ4n) is 3.42. The lowest BCUT2D eigenvalue weighted by Crippen LogP contribution is -2.45. The number of rotatable bonds is 3. The van der Waals surface area contributed by atoms with Crippen LogP contribution >= 0.6 is 0 Å². The summed E-state index contributed by atoms with van der Waals surface area (Å²) in [7, 11) is 0. The molecule has 2 saturated heterocycles. The zero-order valence-electron chi connectivity index (χ0n) is 14.6.